The molecule has 4 heteroatoms. The third-order valence-electron chi connectivity index (χ3n) is 2.84. The Morgan fingerprint density at radius 3 is 2.58 bits per heavy atom. The zero-order valence-corrected chi connectivity index (χ0v) is 11.8. The third kappa shape index (κ3) is 3.07. The lowest BCUT2D eigenvalue weighted by Crippen LogP contribution is -2.05. The molecule has 0 heterocycles. The van der Waals surface area contributed by atoms with Crippen LogP contribution in [0, 0.1) is 18.6 Å². The molecule has 98 valence electrons. The van der Waals surface area contributed by atoms with E-state index < -0.39 is 11.6 Å². The first kappa shape index (κ1) is 13.9. The van der Waals surface area contributed by atoms with Gasteiger partial charge in [0, 0.05) is 16.5 Å². The molecule has 0 radical (unpaired) electrons. The Hall–Kier alpha value is -1.55. The van der Waals surface area contributed by atoms with Crippen LogP contribution in [0.3, 0.4) is 0 Å². The van der Waals surface area contributed by atoms with Gasteiger partial charge in [-0.15, -0.1) is 0 Å². The maximum absolute atomic E-state index is 13.1. The van der Waals surface area contributed by atoms with Crippen molar-refractivity contribution in [2.75, 3.05) is 0 Å². The summed E-state index contributed by atoms with van der Waals surface area (Å²) in [5.74, 6) is -1.98. The summed E-state index contributed by atoms with van der Waals surface area (Å²) in [6.45, 7) is 1.89. The molecule has 0 aromatic heterocycles. The Bertz CT molecular complexity index is 638. The van der Waals surface area contributed by atoms with E-state index in [4.69, 9.17) is 0 Å². The summed E-state index contributed by atoms with van der Waals surface area (Å²) in [4.78, 5) is 12.1. The van der Waals surface area contributed by atoms with Gasteiger partial charge in [0.15, 0.2) is 17.4 Å². The predicted molar refractivity (Wildman–Crippen MR) is 73.3 cm³/mol. The van der Waals surface area contributed by atoms with Crippen LogP contribution in [0.1, 0.15) is 21.5 Å². The minimum atomic E-state index is -0.936. The van der Waals surface area contributed by atoms with Gasteiger partial charge in [-0.25, -0.2) is 8.78 Å². The molecule has 0 saturated carbocycles. The summed E-state index contributed by atoms with van der Waals surface area (Å²) in [7, 11) is 0. The first-order valence-electron chi connectivity index (χ1n) is 5.71. The lowest BCUT2D eigenvalue weighted by molar-refractivity contribution is 0.0992. The predicted octanol–water partition coefficient (Wildman–Crippen LogP) is 4.46. The number of halogens is 3. The quantitative estimate of drug-likeness (QED) is 0.762. The highest BCUT2D eigenvalue weighted by Crippen LogP contribution is 2.22. The molecule has 1 nitrogen and oxygen atoms in total. The first-order chi connectivity index (χ1) is 8.99. The monoisotopic (exact) mass is 324 g/mol. The Morgan fingerprint density at radius 2 is 1.89 bits per heavy atom. The maximum Gasteiger partial charge on any atom is 0.168 e. The fraction of sp³-hybridized carbons (Fsp3) is 0.133. The number of benzene rings is 2. The lowest BCUT2D eigenvalue weighted by Gasteiger charge is -2.06. The molecule has 0 atom stereocenters. The van der Waals surface area contributed by atoms with Gasteiger partial charge in [0.2, 0.25) is 0 Å². The molecule has 0 unspecified atom stereocenters. The number of ketones is 1. The highest BCUT2D eigenvalue weighted by atomic mass is 79.9. The Morgan fingerprint density at radius 1 is 1.16 bits per heavy atom. The second kappa shape index (κ2) is 5.61. The number of aryl methyl sites for hydroxylation is 1. The number of hydrogen-bond donors (Lipinski definition) is 0. The van der Waals surface area contributed by atoms with Crippen molar-refractivity contribution in [3.05, 3.63) is 69.2 Å². The van der Waals surface area contributed by atoms with Crippen molar-refractivity contribution in [3.8, 4) is 0 Å². The van der Waals surface area contributed by atoms with Crippen LogP contribution in [-0.2, 0) is 6.42 Å². The molecule has 0 fully saturated rings. The van der Waals surface area contributed by atoms with E-state index in [9.17, 15) is 13.6 Å². The van der Waals surface area contributed by atoms with Crippen LogP contribution < -0.4 is 0 Å². The average Bonchev–Trinajstić information content (AvgIpc) is 2.37. The van der Waals surface area contributed by atoms with Gasteiger partial charge in [-0.1, -0.05) is 24.3 Å². The number of Topliss-reactive ketones (excluding diaryl/α,β-unsaturated/α-hetero) is 1. The van der Waals surface area contributed by atoms with Gasteiger partial charge < -0.3 is 0 Å². The fourth-order valence-corrected chi connectivity index (χ4v) is 2.28. The SMILES string of the molecule is Cc1cccc(C(=O)Cc2ccc(F)c(F)c2)c1Br. The molecular formula is C15H11BrF2O. The number of carbonyl (C=O) groups is 1. The van der Waals surface area contributed by atoms with E-state index in [2.05, 4.69) is 15.9 Å². The fourth-order valence-electron chi connectivity index (χ4n) is 1.79. The summed E-state index contributed by atoms with van der Waals surface area (Å²) in [6.07, 6.45) is 0.0409. The van der Waals surface area contributed by atoms with Gasteiger partial charge in [0.25, 0.3) is 0 Å². The van der Waals surface area contributed by atoms with E-state index in [1.165, 1.54) is 6.07 Å². The van der Waals surface area contributed by atoms with Crippen LogP contribution in [-0.4, -0.2) is 5.78 Å². The molecule has 2 rings (SSSR count). The number of hydrogen-bond acceptors (Lipinski definition) is 1. The van der Waals surface area contributed by atoms with Crippen molar-refractivity contribution < 1.29 is 13.6 Å². The van der Waals surface area contributed by atoms with Crippen molar-refractivity contribution in [3.63, 3.8) is 0 Å². The number of rotatable bonds is 3. The summed E-state index contributed by atoms with van der Waals surface area (Å²) in [6, 6.07) is 8.89. The number of carbonyl (C=O) groups excluding carboxylic acids is 1. The highest BCUT2D eigenvalue weighted by Gasteiger charge is 2.13. The maximum atomic E-state index is 13.1. The molecule has 0 N–H and O–H groups in total. The summed E-state index contributed by atoms with van der Waals surface area (Å²) in [5, 5.41) is 0. The van der Waals surface area contributed by atoms with Gasteiger partial charge in [-0.3, -0.25) is 4.79 Å². The molecule has 0 amide bonds. The minimum absolute atomic E-state index is 0.0409. The van der Waals surface area contributed by atoms with Gasteiger partial charge in [0.1, 0.15) is 0 Å². The molecule has 0 spiro atoms. The van der Waals surface area contributed by atoms with Crippen LogP contribution in [0.25, 0.3) is 0 Å². The molecule has 0 aliphatic carbocycles. The van der Waals surface area contributed by atoms with Crippen LogP contribution in [0.4, 0.5) is 8.78 Å². The Kier molecular flexibility index (Phi) is 4.10. The van der Waals surface area contributed by atoms with Crippen molar-refractivity contribution in [1.82, 2.24) is 0 Å². The third-order valence-corrected chi connectivity index (χ3v) is 3.89. The van der Waals surface area contributed by atoms with Crippen molar-refractivity contribution in [2.45, 2.75) is 13.3 Å². The molecule has 2 aromatic carbocycles. The second-order valence-electron chi connectivity index (χ2n) is 4.28. The highest BCUT2D eigenvalue weighted by molar-refractivity contribution is 9.10. The Balaban J connectivity index is 2.26. The van der Waals surface area contributed by atoms with Crippen LogP contribution in [0.15, 0.2) is 40.9 Å². The molecule has 0 aliphatic rings. The van der Waals surface area contributed by atoms with E-state index in [-0.39, 0.29) is 12.2 Å². The molecule has 0 aliphatic heterocycles. The van der Waals surface area contributed by atoms with Gasteiger partial charge in [-0.2, -0.15) is 0 Å². The van der Waals surface area contributed by atoms with E-state index >= 15 is 0 Å². The van der Waals surface area contributed by atoms with Crippen molar-refractivity contribution in [1.29, 1.82) is 0 Å². The van der Waals surface area contributed by atoms with E-state index in [1.807, 2.05) is 13.0 Å². The second-order valence-corrected chi connectivity index (χ2v) is 5.08. The molecular weight excluding hydrogens is 314 g/mol. The minimum Gasteiger partial charge on any atom is -0.294 e. The largest absolute Gasteiger partial charge is 0.294 e. The van der Waals surface area contributed by atoms with Crippen LogP contribution in [0.5, 0.6) is 0 Å². The lowest BCUT2D eigenvalue weighted by atomic mass is 10.0. The van der Waals surface area contributed by atoms with E-state index in [0.717, 1.165) is 22.2 Å². The zero-order chi connectivity index (χ0) is 14.0. The molecule has 2 aromatic rings. The van der Waals surface area contributed by atoms with Gasteiger partial charge in [0.05, 0.1) is 0 Å². The zero-order valence-electron chi connectivity index (χ0n) is 10.2. The van der Waals surface area contributed by atoms with Gasteiger partial charge >= 0.3 is 0 Å². The molecule has 0 saturated heterocycles. The Labute approximate surface area is 118 Å². The molecule has 19 heavy (non-hydrogen) atoms. The van der Waals surface area contributed by atoms with Gasteiger partial charge in [-0.05, 0) is 46.1 Å². The van der Waals surface area contributed by atoms with Crippen molar-refractivity contribution >= 4 is 21.7 Å². The smallest absolute Gasteiger partial charge is 0.168 e. The standard InChI is InChI=1S/C15H11BrF2O/c1-9-3-2-4-11(15(9)16)14(19)8-10-5-6-12(17)13(18)7-10/h2-7H,8H2,1H3. The normalized spacial score (nSPS) is 10.5. The molecule has 0 bridgehead atoms. The summed E-state index contributed by atoms with van der Waals surface area (Å²) < 4.78 is 26.6. The summed E-state index contributed by atoms with van der Waals surface area (Å²) in [5.41, 5.74) is 1.96. The van der Waals surface area contributed by atoms with E-state index in [1.54, 1.807) is 12.1 Å². The average molecular weight is 325 g/mol. The van der Waals surface area contributed by atoms with E-state index in [0.29, 0.717) is 11.1 Å². The van der Waals surface area contributed by atoms with Crippen molar-refractivity contribution in [2.24, 2.45) is 0 Å². The topological polar surface area (TPSA) is 17.1 Å². The van der Waals surface area contributed by atoms with Crippen LogP contribution >= 0.6 is 15.9 Å². The first-order valence-corrected chi connectivity index (χ1v) is 6.50. The van der Waals surface area contributed by atoms with Crippen LogP contribution in [0.2, 0.25) is 0 Å². The summed E-state index contributed by atoms with van der Waals surface area (Å²) >= 11 is 3.37.